The second-order valence-corrected chi connectivity index (χ2v) is 15.0. The minimum absolute atomic E-state index is 0.788. The van der Waals surface area contributed by atoms with Gasteiger partial charge in [-0.1, -0.05) is 0 Å². The normalized spacial score (nSPS) is 13.3. The van der Waals surface area contributed by atoms with Crippen molar-refractivity contribution in [2.24, 2.45) is 0 Å². The Morgan fingerprint density at radius 2 is 0.806 bits per heavy atom. The second-order valence-electron chi connectivity index (χ2n) is 8.17. The topological polar surface area (TPSA) is 3.24 Å². The summed E-state index contributed by atoms with van der Waals surface area (Å²) in [5.41, 5.74) is 0. The van der Waals surface area contributed by atoms with E-state index < -0.39 is 6.60 Å². The van der Waals surface area contributed by atoms with Gasteiger partial charge in [0.2, 0.25) is 0 Å². The first kappa shape index (κ1) is 21.9. The van der Waals surface area contributed by atoms with Crippen molar-refractivity contribution < 1.29 is 0 Å². The first-order valence-corrected chi connectivity index (χ1v) is 14.4. The van der Waals surface area contributed by atoms with Crippen LogP contribution in [0.25, 0.3) is 0 Å². The Morgan fingerprint density at radius 3 is 1.06 bits per heavy atom. The van der Waals surface area contributed by atoms with Crippen LogP contribution in [0.1, 0.15) is 0 Å². The maximum atomic E-state index is 2.36. The van der Waals surface area contributed by atoms with Crippen LogP contribution in [0, 0.1) is 0 Å². The minimum atomic E-state index is -2.96. The zero-order valence-corrected chi connectivity index (χ0v) is 20.3. The van der Waals surface area contributed by atoms with Crippen molar-refractivity contribution in [1.29, 1.82) is 0 Å². The Kier molecular flexibility index (Phi) is 6.68. The van der Waals surface area contributed by atoms with E-state index in [0.717, 1.165) is 21.1 Å². The summed E-state index contributed by atoms with van der Waals surface area (Å²) in [7, 11) is 5.16. The fourth-order valence-electron chi connectivity index (χ4n) is 4.94. The molecule has 158 valence electrons. The second kappa shape index (κ2) is 9.46. The third kappa shape index (κ3) is 3.77. The molecule has 0 aliphatic rings. The molecule has 0 heterocycles. The molecule has 1 nitrogen and oxygen atoms in total. The van der Waals surface area contributed by atoms with Crippen molar-refractivity contribution >= 4 is 36.6 Å². The number of nitrogens with zero attached hydrogens (tertiary/aromatic N) is 1. The predicted octanol–water partition coefficient (Wildman–Crippen LogP) is 5.00. The summed E-state index contributed by atoms with van der Waals surface area (Å²) in [5, 5.41) is 5.78. The van der Waals surface area contributed by atoms with E-state index >= 15 is 0 Å². The summed E-state index contributed by atoms with van der Waals surface area (Å²) in [4.78, 5) is 0. The number of rotatable bonds is 8. The van der Waals surface area contributed by atoms with Crippen LogP contribution in [-0.4, -0.2) is 31.1 Å². The van der Waals surface area contributed by atoms with Gasteiger partial charge in [0, 0.05) is 0 Å². The van der Waals surface area contributed by atoms with Crippen LogP contribution in [0.5, 0.6) is 0 Å². The monoisotopic (exact) mass is 443 g/mol. The van der Waals surface area contributed by atoms with E-state index in [1.807, 2.05) is 0 Å². The Labute approximate surface area is 188 Å². The first-order chi connectivity index (χ1) is 15.2. The van der Waals surface area contributed by atoms with Crippen molar-refractivity contribution in [2.45, 2.75) is 0 Å². The standard InChI is InChI=1S/C28H31NP2/c1-29(2)30-23-24-31(25-15-7-3-8-16-25,26-17-9-4-10-18-26,27-19-11-5-12-20-27)28-21-13-6-14-22-28/h3-22,30H,23-24H2,1-2H3. The molecule has 0 radical (unpaired) electrons. The van der Waals surface area contributed by atoms with E-state index in [4.69, 9.17) is 0 Å². The quantitative estimate of drug-likeness (QED) is 0.347. The Balaban J connectivity index is 2.18. The van der Waals surface area contributed by atoms with Gasteiger partial charge in [0.05, 0.1) is 0 Å². The fraction of sp³-hybridized carbons (Fsp3) is 0.143. The molecule has 0 fully saturated rings. The van der Waals surface area contributed by atoms with Crippen molar-refractivity contribution in [3.8, 4) is 0 Å². The summed E-state index contributed by atoms with van der Waals surface area (Å²) < 4.78 is 2.33. The molecule has 4 rings (SSSR count). The van der Waals surface area contributed by atoms with Crippen LogP contribution in [0.15, 0.2) is 121 Å². The van der Waals surface area contributed by atoms with Gasteiger partial charge in [0.25, 0.3) is 0 Å². The van der Waals surface area contributed by atoms with Gasteiger partial charge in [-0.05, 0) is 0 Å². The molecule has 1 atom stereocenters. The van der Waals surface area contributed by atoms with Gasteiger partial charge in [-0.2, -0.15) is 0 Å². The molecule has 0 aromatic heterocycles. The maximum absolute atomic E-state index is 2.96. The molecule has 0 aliphatic carbocycles. The molecule has 0 spiro atoms. The Hall–Kier alpha value is -2.30. The molecule has 4 aromatic carbocycles. The van der Waals surface area contributed by atoms with Crippen LogP contribution in [0.2, 0.25) is 0 Å². The van der Waals surface area contributed by atoms with E-state index in [1.165, 1.54) is 21.2 Å². The van der Waals surface area contributed by atoms with Crippen LogP contribution < -0.4 is 21.2 Å². The van der Waals surface area contributed by atoms with Gasteiger partial charge in [-0.15, -0.1) is 0 Å². The van der Waals surface area contributed by atoms with Gasteiger partial charge in [0.15, 0.2) is 0 Å². The molecule has 0 bridgehead atoms. The Bertz CT molecular complexity index is 911. The van der Waals surface area contributed by atoms with Gasteiger partial charge in [0.1, 0.15) is 0 Å². The van der Waals surface area contributed by atoms with E-state index in [-0.39, 0.29) is 0 Å². The molecule has 4 aromatic rings. The molecular weight excluding hydrogens is 412 g/mol. The summed E-state index contributed by atoms with van der Waals surface area (Å²) in [5.74, 6) is 0. The molecule has 3 heteroatoms. The van der Waals surface area contributed by atoms with Gasteiger partial charge in [-0.3, -0.25) is 0 Å². The summed E-state index contributed by atoms with van der Waals surface area (Å²) in [6.07, 6.45) is 2.27. The van der Waals surface area contributed by atoms with Crippen molar-refractivity contribution in [3.63, 3.8) is 0 Å². The van der Waals surface area contributed by atoms with Crippen molar-refractivity contribution in [2.75, 3.05) is 26.4 Å². The third-order valence-electron chi connectivity index (χ3n) is 6.29. The molecule has 0 aliphatic heterocycles. The zero-order chi connectivity index (χ0) is 21.6. The number of benzene rings is 4. The molecule has 0 amide bonds. The summed E-state index contributed by atoms with van der Waals surface area (Å²) in [6, 6.07) is 45.1. The van der Waals surface area contributed by atoms with E-state index in [1.54, 1.807) is 0 Å². The van der Waals surface area contributed by atoms with Gasteiger partial charge < -0.3 is 0 Å². The van der Waals surface area contributed by atoms with E-state index in [9.17, 15) is 0 Å². The third-order valence-corrected chi connectivity index (χ3v) is 14.7. The fourth-order valence-corrected chi connectivity index (χ4v) is 13.7. The predicted molar refractivity (Wildman–Crippen MR) is 143 cm³/mol. The molecule has 31 heavy (non-hydrogen) atoms. The molecule has 0 saturated heterocycles. The zero-order valence-electron chi connectivity index (χ0n) is 18.4. The Morgan fingerprint density at radius 1 is 0.516 bits per heavy atom. The number of hydrogen-bond acceptors (Lipinski definition) is 1. The molecule has 1 unspecified atom stereocenters. The van der Waals surface area contributed by atoms with Crippen LogP contribution >= 0.6 is 15.3 Å². The van der Waals surface area contributed by atoms with Crippen molar-refractivity contribution in [3.05, 3.63) is 121 Å². The van der Waals surface area contributed by atoms with Crippen molar-refractivity contribution in [1.82, 2.24) is 4.67 Å². The van der Waals surface area contributed by atoms with Gasteiger partial charge in [-0.25, -0.2) is 0 Å². The average molecular weight is 444 g/mol. The summed E-state index contributed by atoms with van der Waals surface area (Å²) >= 11 is 0. The van der Waals surface area contributed by atoms with E-state index in [2.05, 4.69) is 140 Å². The average Bonchev–Trinajstić information content (AvgIpc) is 2.84. The molecule has 0 N–H and O–H groups in total. The molecular formula is C28H31NP2. The van der Waals surface area contributed by atoms with E-state index in [0.29, 0.717) is 0 Å². The van der Waals surface area contributed by atoms with Gasteiger partial charge >= 0.3 is 189 Å². The SMILES string of the molecule is CN(C)PCCP(c1ccccc1)(c1ccccc1)(c1ccccc1)c1ccccc1. The molecule has 0 saturated carbocycles. The summed E-state index contributed by atoms with van der Waals surface area (Å²) in [6.45, 7) is -2.96. The number of hydrogen-bond donors (Lipinski definition) is 0. The van der Waals surface area contributed by atoms with Crippen LogP contribution in [-0.2, 0) is 0 Å². The first-order valence-electron chi connectivity index (χ1n) is 10.8. The van der Waals surface area contributed by atoms with Crippen LogP contribution in [0.3, 0.4) is 0 Å². The van der Waals surface area contributed by atoms with Crippen LogP contribution in [0.4, 0.5) is 0 Å².